The van der Waals surface area contributed by atoms with E-state index in [-0.39, 0.29) is 11.7 Å². The Labute approximate surface area is 152 Å². The molecule has 1 saturated carbocycles. The van der Waals surface area contributed by atoms with Crippen molar-refractivity contribution < 1.29 is 4.79 Å². The van der Waals surface area contributed by atoms with Crippen LogP contribution in [0, 0.1) is 24.2 Å². The summed E-state index contributed by atoms with van der Waals surface area (Å²) in [6.45, 7) is 2.08. The molecule has 2 aliphatic carbocycles. The molecular formula is C22H19NOS. The summed E-state index contributed by atoms with van der Waals surface area (Å²) in [4.78, 5) is 14.0. The number of nitriles is 1. The quantitative estimate of drug-likeness (QED) is 0.766. The number of ketones is 1. The summed E-state index contributed by atoms with van der Waals surface area (Å²) in [5.41, 5.74) is 3.00. The first-order chi connectivity index (χ1) is 12.1. The van der Waals surface area contributed by atoms with E-state index in [9.17, 15) is 10.1 Å². The van der Waals surface area contributed by atoms with Crippen LogP contribution >= 0.6 is 11.8 Å². The molecule has 0 spiro atoms. The monoisotopic (exact) mass is 345 g/mol. The SMILES string of the molecule is Cc1ccc(Sc2ccccc2[C@]2(C#N)CC3=CC(=O)C[C@@H]3C2)cc1. The van der Waals surface area contributed by atoms with Gasteiger partial charge in [-0.2, -0.15) is 5.26 Å². The topological polar surface area (TPSA) is 40.9 Å². The molecule has 2 aromatic carbocycles. The van der Waals surface area contributed by atoms with Crippen LogP contribution in [0.25, 0.3) is 0 Å². The fraction of sp³-hybridized carbons (Fsp3) is 0.273. The van der Waals surface area contributed by atoms with Crippen molar-refractivity contribution in [2.45, 2.75) is 41.4 Å². The molecule has 2 aliphatic rings. The Morgan fingerprint density at radius 1 is 1.16 bits per heavy atom. The summed E-state index contributed by atoms with van der Waals surface area (Å²) >= 11 is 1.71. The van der Waals surface area contributed by atoms with Crippen molar-refractivity contribution in [1.29, 1.82) is 5.26 Å². The van der Waals surface area contributed by atoms with Gasteiger partial charge in [0.1, 0.15) is 0 Å². The summed E-state index contributed by atoms with van der Waals surface area (Å²) in [6.07, 6.45) is 3.80. The predicted octanol–water partition coefficient (Wildman–Crippen LogP) is 5.22. The normalized spacial score (nSPS) is 24.7. The van der Waals surface area contributed by atoms with Crippen molar-refractivity contribution in [3.8, 4) is 6.07 Å². The Hall–Kier alpha value is -2.31. The van der Waals surface area contributed by atoms with Gasteiger partial charge in [0, 0.05) is 16.2 Å². The van der Waals surface area contributed by atoms with Gasteiger partial charge in [0.15, 0.2) is 5.78 Å². The summed E-state index contributed by atoms with van der Waals surface area (Å²) in [6, 6.07) is 19.3. The zero-order chi connectivity index (χ0) is 17.4. The molecule has 0 amide bonds. The number of nitrogens with zero attached hydrogens (tertiary/aromatic N) is 1. The molecule has 0 aliphatic heterocycles. The van der Waals surface area contributed by atoms with Crippen molar-refractivity contribution in [1.82, 2.24) is 0 Å². The van der Waals surface area contributed by atoms with Crippen LogP contribution in [-0.2, 0) is 10.2 Å². The lowest BCUT2D eigenvalue weighted by molar-refractivity contribution is -0.114. The number of benzene rings is 2. The summed E-state index contributed by atoms with van der Waals surface area (Å²) in [5, 5.41) is 10.0. The molecule has 0 aromatic heterocycles. The minimum Gasteiger partial charge on any atom is -0.295 e. The van der Waals surface area contributed by atoms with E-state index < -0.39 is 5.41 Å². The Balaban J connectivity index is 1.71. The zero-order valence-electron chi connectivity index (χ0n) is 14.2. The number of carbonyl (C=O) groups is 1. The fourth-order valence-electron chi connectivity index (χ4n) is 4.03. The van der Waals surface area contributed by atoms with Crippen LogP contribution in [-0.4, -0.2) is 5.78 Å². The van der Waals surface area contributed by atoms with Gasteiger partial charge in [0.05, 0.1) is 11.5 Å². The van der Waals surface area contributed by atoms with Crippen molar-refractivity contribution >= 4 is 17.5 Å². The Morgan fingerprint density at radius 3 is 2.64 bits per heavy atom. The van der Waals surface area contributed by atoms with Gasteiger partial charge in [-0.3, -0.25) is 4.79 Å². The maximum absolute atomic E-state index is 11.7. The number of carbonyl (C=O) groups excluding carboxylic acids is 1. The zero-order valence-corrected chi connectivity index (χ0v) is 15.0. The molecule has 0 N–H and O–H groups in total. The third kappa shape index (κ3) is 2.92. The van der Waals surface area contributed by atoms with E-state index in [1.54, 1.807) is 17.8 Å². The molecule has 1 fully saturated rings. The molecule has 0 bridgehead atoms. The van der Waals surface area contributed by atoms with Crippen molar-refractivity contribution in [2.75, 3.05) is 0 Å². The third-order valence-electron chi connectivity index (χ3n) is 5.28. The molecule has 2 aromatic rings. The van der Waals surface area contributed by atoms with Crippen LogP contribution in [0.2, 0.25) is 0 Å². The van der Waals surface area contributed by atoms with E-state index in [0.717, 1.165) is 16.9 Å². The Bertz CT molecular complexity index is 906. The van der Waals surface area contributed by atoms with Crippen LogP contribution in [0.1, 0.15) is 30.4 Å². The van der Waals surface area contributed by atoms with E-state index in [0.29, 0.717) is 12.8 Å². The van der Waals surface area contributed by atoms with Gasteiger partial charge in [-0.1, -0.05) is 53.2 Å². The van der Waals surface area contributed by atoms with Crippen molar-refractivity contribution in [2.24, 2.45) is 5.92 Å². The van der Waals surface area contributed by atoms with Gasteiger partial charge in [0.25, 0.3) is 0 Å². The highest BCUT2D eigenvalue weighted by Gasteiger charge is 2.47. The van der Waals surface area contributed by atoms with Crippen molar-refractivity contribution in [3.63, 3.8) is 0 Å². The molecule has 2 nitrogen and oxygen atoms in total. The largest absolute Gasteiger partial charge is 0.295 e. The lowest BCUT2D eigenvalue weighted by Gasteiger charge is -2.24. The van der Waals surface area contributed by atoms with E-state index in [2.05, 4.69) is 49.4 Å². The molecule has 0 saturated heterocycles. The fourth-order valence-corrected chi connectivity index (χ4v) is 5.08. The minimum absolute atomic E-state index is 0.217. The highest BCUT2D eigenvalue weighted by atomic mass is 32.2. The number of allylic oxidation sites excluding steroid dienone is 2. The minimum atomic E-state index is -0.508. The molecule has 3 heteroatoms. The molecule has 0 unspecified atom stereocenters. The first kappa shape index (κ1) is 16.2. The van der Waals surface area contributed by atoms with Crippen LogP contribution in [0.5, 0.6) is 0 Å². The van der Waals surface area contributed by atoms with E-state index in [1.807, 2.05) is 12.1 Å². The van der Waals surface area contributed by atoms with E-state index in [1.165, 1.54) is 16.0 Å². The standard InChI is InChI=1S/C22H19NOS/c1-15-6-8-19(9-7-15)25-21-5-3-2-4-20(21)22(14-23)12-16-10-18(24)11-17(16)13-22/h2-10,17H,11-13H2,1H3/t17-,22-/m1/s1. The maximum Gasteiger partial charge on any atom is 0.156 e. The Kier molecular flexibility index (Phi) is 4.01. The molecule has 2 atom stereocenters. The van der Waals surface area contributed by atoms with Gasteiger partial charge < -0.3 is 0 Å². The number of rotatable bonds is 3. The maximum atomic E-state index is 11.7. The molecule has 25 heavy (non-hydrogen) atoms. The third-order valence-corrected chi connectivity index (χ3v) is 6.37. The van der Waals surface area contributed by atoms with Gasteiger partial charge in [-0.25, -0.2) is 0 Å². The van der Waals surface area contributed by atoms with Crippen molar-refractivity contribution in [3.05, 3.63) is 71.3 Å². The van der Waals surface area contributed by atoms with Crippen LogP contribution in [0.15, 0.2) is 70.0 Å². The lowest BCUT2D eigenvalue weighted by Crippen LogP contribution is -2.22. The second-order valence-corrected chi connectivity index (χ2v) is 8.19. The van der Waals surface area contributed by atoms with E-state index >= 15 is 0 Å². The summed E-state index contributed by atoms with van der Waals surface area (Å²) in [7, 11) is 0. The Morgan fingerprint density at radius 2 is 1.92 bits per heavy atom. The number of hydrogen-bond acceptors (Lipinski definition) is 3. The highest BCUT2D eigenvalue weighted by Crippen LogP contribution is 2.52. The molecule has 124 valence electrons. The van der Waals surface area contributed by atoms with Crippen LogP contribution < -0.4 is 0 Å². The average molecular weight is 345 g/mol. The van der Waals surface area contributed by atoms with Gasteiger partial charge in [-0.15, -0.1) is 0 Å². The average Bonchev–Trinajstić information content (AvgIpc) is 3.12. The summed E-state index contributed by atoms with van der Waals surface area (Å²) < 4.78 is 0. The summed E-state index contributed by atoms with van der Waals surface area (Å²) in [5.74, 6) is 0.471. The second kappa shape index (κ2) is 6.20. The number of aryl methyl sites for hydroxylation is 1. The molecular weight excluding hydrogens is 326 g/mol. The first-order valence-corrected chi connectivity index (χ1v) is 9.40. The molecule has 0 heterocycles. The lowest BCUT2D eigenvalue weighted by atomic mass is 9.79. The van der Waals surface area contributed by atoms with Gasteiger partial charge in [0.2, 0.25) is 0 Å². The highest BCUT2D eigenvalue weighted by molar-refractivity contribution is 7.99. The second-order valence-electron chi connectivity index (χ2n) is 7.07. The van der Waals surface area contributed by atoms with E-state index in [4.69, 9.17) is 0 Å². The molecule has 0 radical (unpaired) electrons. The van der Waals surface area contributed by atoms with Crippen LogP contribution in [0.3, 0.4) is 0 Å². The molecule has 4 rings (SSSR count). The van der Waals surface area contributed by atoms with Crippen LogP contribution in [0.4, 0.5) is 0 Å². The van der Waals surface area contributed by atoms with Gasteiger partial charge >= 0.3 is 0 Å². The number of fused-ring (bicyclic) bond motifs is 1. The number of hydrogen-bond donors (Lipinski definition) is 0. The smallest absolute Gasteiger partial charge is 0.156 e. The van der Waals surface area contributed by atoms with Gasteiger partial charge in [-0.05, 0) is 55.5 Å². The first-order valence-electron chi connectivity index (χ1n) is 8.58. The predicted molar refractivity (Wildman–Crippen MR) is 99.5 cm³/mol.